The second-order valence-corrected chi connectivity index (χ2v) is 14.5. The summed E-state index contributed by atoms with van der Waals surface area (Å²) in [5.74, 6) is 3.95. The third-order valence-electron chi connectivity index (χ3n) is 10.3. The van der Waals surface area contributed by atoms with Gasteiger partial charge in [-0.25, -0.2) is 19.2 Å². The summed E-state index contributed by atoms with van der Waals surface area (Å²) in [7, 11) is 0. The Kier molecular flexibility index (Phi) is 17.3. The van der Waals surface area contributed by atoms with Gasteiger partial charge in [0.1, 0.15) is 0 Å². The summed E-state index contributed by atoms with van der Waals surface area (Å²) < 4.78 is 20.1. The van der Waals surface area contributed by atoms with Crippen LogP contribution in [0.2, 0.25) is 0 Å². The topological polar surface area (TPSA) is 146 Å². The van der Waals surface area contributed by atoms with Crippen LogP contribution in [0.15, 0.2) is 72.9 Å². The van der Waals surface area contributed by atoms with Crippen LogP contribution in [0.4, 0.5) is 9.59 Å². The maximum atomic E-state index is 11.4. The molecule has 0 aromatic rings. The number of hydrogen-bond donors (Lipinski definition) is 2. The summed E-state index contributed by atoms with van der Waals surface area (Å²) in [6.07, 6.45) is 19.2. The van der Waals surface area contributed by atoms with Crippen molar-refractivity contribution >= 4 is 30.0 Å². The quantitative estimate of drug-likeness (QED) is 0.0722. The van der Waals surface area contributed by atoms with E-state index in [1.54, 1.807) is 20.8 Å². The summed E-state index contributed by atoms with van der Waals surface area (Å²) >= 11 is 0. The average molecular weight is 725 g/mol. The Morgan fingerprint density at radius 3 is 1.27 bits per heavy atom. The fourth-order valence-corrected chi connectivity index (χ4v) is 7.50. The van der Waals surface area contributed by atoms with E-state index in [9.17, 15) is 24.0 Å². The molecule has 3 saturated carbocycles. The number of hydrogen-bond acceptors (Lipinski definition) is 9. The molecule has 0 heterocycles. The van der Waals surface area contributed by atoms with Crippen LogP contribution in [-0.4, -0.2) is 56.6 Å². The van der Waals surface area contributed by atoms with Gasteiger partial charge in [0.25, 0.3) is 5.91 Å². The van der Waals surface area contributed by atoms with Crippen molar-refractivity contribution in [1.29, 1.82) is 0 Å². The number of alkyl carbamates (subject to hydrolysis) is 2. The molecule has 3 fully saturated rings. The molecule has 52 heavy (non-hydrogen) atoms. The third kappa shape index (κ3) is 13.0. The third-order valence-corrected chi connectivity index (χ3v) is 10.3. The number of imide groups is 1. The molecule has 0 aromatic carbocycles. The van der Waals surface area contributed by atoms with Gasteiger partial charge in [0.05, 0.1) is 19.8 Å². The minimum Gasteiger partial charge on any atom is -0.462 e. The lowest BCUT2D eigenvalue weighted by atomic mass is 9.95. The summed E-state index contributed by atoms with van der Waals surface area (Å²) in [6, 6.07) is 0. The van der Waals surface area contributed by atoms with Crippen LogP contribution in [0, 0.1) is 53.3 Å². The van der Waals surface area contributed by atoms with Gasteiger partial charge in [0, 0.05) is 28.6 Å². The number of carbonyl (C=O) groups excluding carboxylic acids is 5. The van der Waals surface area contributed by atoms with Crippen molar-refractivity contribution in [2.45, 2.75) is 74.1 Å². The second kappa shape index (κ2) is 20.6. The molecular formula is C41H60N2O9. The number of amides is 3. The smallest absolute Gasteiger partial charge is 0.414 e. The molecule has 0 aromatic heterocycles. The lowest BCUT2D eigenvalue weighted by Gasteiger charge is -2.17. The first-order valence-electron chi connectivity index (χ1n) is 17.5. The standard InChI is InChI=1S/C14H19NO4.C13H17NO3.C12H16O2.2CH4/c1-9(2)13(16)19-8-15-14(17)18-7-12-6-10-3-4-11(12)5-10;1-8(2)12(15)14-13(16)17-7-11-6-9-3-4-10(11)5-9;1-8(2)12(13)14-7-11-6-9-3-4-10(11)5-9;;/h3-4,10-12H,1,5-8H2,2H3,(H,15,17);3-4,9-11H,1,5-7H2,2H3,(H,14,15,16);3-4,9-11H,1,5-7H2,2H3;2*1H4. The van der Waals surface area contributed by atoms with E-state index in [2.05, 4.69) is 66.8 Å². The molecule has 0 aliphatic heterocycles. The first-order valence-corrected chi connectivity index (χ1v) is 17.5. The summed E-state index contributed by atoms with van der Waals surface area (Å²) in [6.45, 7) is 16.4. The fourth-order valence-electron chi connectivity index (χ4n) is 7.50. The number of fused-ring (bicyclic) bond motifs is 6. The van der Waals surface area contributed by atoms with E-state index >= 15 is 0 Å². The van der Waals surface area contributed by atoms with Gasteiger partial charge in [0.15, 0.2) is 6.73 Å². The van der Waals surface area contributed by atoms with Crippen LogP contribution in [0.1, 0.15) is 74.1 Å². The Morgan fingerprint density at radius 1 is 0.538 bits per heavy atom. The van der Waals surface area contributed by atoms with Gasteiger partial charge in [-0.2, -0.15) is 0 Å². The highest BCUT2D eigenvalue weighted by Gasteiger charge is 2.38. The molecule has 0 saturated heterocycles. The van der Waals surface area contributed by atoms with E-state index in [-0.39, 0.29) is 27.6 Å². The highest BCUT2D eigenvalue weighted by Crippen LogP contribution is 2.45. The van der Waals surface area contributed by atoms with Gasteiger partial charge in [-0.05, 0) is 101 Å². The average Bonchev–Trinajstić information content (AvgIpc) is 3.95. The molecule has 11 heteroatoms. The van der Waals surface area contributed by atoms with E-state index in [0.29, 0.717) is 83.9 Å². The molecule has 9 unspecified atom stereocenters. The molecular weight excluding hydrogens is 664 g/mol. The van der Waals surface area contributed by atoms with Crippen molar-refractivity contribution in [2.75, 3.05) is 26.6 Å². The van der Waals surface area contributed by atoms with Crippen LogP contribution in [-0.2, 0) is 33.3 Å². The predicted octanol–water partition coefficient (Wildman–Crippen LogP) is 7.62. The monoisotopic (exact) mass is 724 g/mol. The number of rotatable bonds is 11. The molecule has 6 rings (SSSR count). The van der Waals surface area contributed by atoms with E-state index in [0.717, 1.165) is 18.8 Å². The van der Waals surface area contributed by atoms with Crippen molar-refractivity contribution in [3.8, 4) is 0 Å². The van der Waals surface area contributed by atoms with Crippen molar-refractivity contribution in [2.24, 2.45) is 53.3 Å². The van der Waals surface area contributed by atoms with Crippen LogP contribution in [0.25, 0.3) is 0 Å². The number of ether oxygens (including phenoxy) is 4. The van der Waals surface area contributed by atoms with E-state index in [1.807, 2.05) is 0 Å². The predicted molar refractivity (Wildman–Crippen MR) is 200 cm³/mol. The van der Waals surface area contributed by atoms with E-state index < -0.39 is 24.1 Å². The van der Waals surface area contributed by atoms with Crippen LogP contribution in [0.3, 0.4) is 0 Å². The Hall–Kier alpha value is -4.41. The second-order valence-electron chi connectivity index (χ2n) is 14.5. The minimum atomic E-state index is -0.676. The molecule has 9 atom stereocenters. The number of esters is 2. The van der Waals surface area contributed by atoms with Crippen LogP contribution < -0.4 is 10.6 Å². The maximum Gasteiger partial charge on any atom is 0.414 e. The van der Waals surface area contributed by atoms with Gasteiger partial charge in [-0.3, -0.25) is 15.4 Å². The van der Waals surface area contributed by atoms with Gasteiger partial charge in [-0.1, -0.05) is 71.0 Å². The first kappa shape index (κ1) is 43.8. The van der Waals surface area contributed by atoms with Gasteiger partial charge in [0.2, 0.25) is 0 Å². The van der Waals surface area contributed by atoms with Gasteiger partial charge in [-0.15, -0.1) is 0 Å². The van der Waals surface area contributed by atoms with Crippen molar-refractivity contribution in [3.63, 3.8) is 0 Å². The van der Waals surface area contributed by atoms with Crippen LogP contribution in [0.5, 0.6) is 0 Å². The zero-order chi connectivity index (χ0) is 36.4. The fraction of sp³-hybridized carbons (Fsp3) is 0.585. The normalized spacial score (nSPS) is 28.4. The number of carbonyl (C=O) groups is 5. The minimum absolute atomic E-state index is 0. The highest BCUT2D eigenvalue weighted by atomic mass is 16.6. The van der Waals surface area contributed by atoms with Gasteiger partial charge < -0.3 is 18.9 Å². The van der Waals surface area contributed by atoms with Crippen molar-refractivity contribution in [3.05, 3.63) is 72.9 Å². The number of nitrogens with one attached hydrogen (secondary N) is 2. The summed E-state index contributed by atoms with van der Waals surface area (Å²) in [5, 5.41) is 4.50. The molecule has 0 radical (unpaired) electrons. The van der Waals surface area contributed by atoms with Gasteiger partial charge >= 0.3 is 24.1 Å². The summed E-state index contributed by atoms with van der Waals surface area (Å²) in [5.41, 5.74) is 1.08. The highest BCUT2D eigenvalue weighted by molar-refractivity contribution is 6.01. The molecule has 2 N–H and O–H groups in total. The Morgan fingerprint density at radius 2 is 0.923 bits per heavy atom. The molecule has 0 spiro atoms. The lowest BCUT2D eigenvalue weighted by Crippen LogP contribution is -2.32. The molecule has 3 amide bonds. The van der Waals surface area contributed by atoms with Crippen molar-refractivity contribution < 1.29 is 42.9 Å². The van der Waals surface area contributed by atoms with Crippen LogP contribution >= 0.6 is 0 Å². The number of allylic oxidation sites excluding steroid dienone is 6. The summed E-state index contributed by atoms with van der Waals surface area (Å²) in [4.78, 5) is 56.1. The molecule has 6 aliphatic rings. The van der Waals surface area contributed by atoms with E-state index in [4.69, 9.17) is 18.9 Å². The van der Waals surface area contributed by atoms with E-state index in [1.165, 1.54) is 25.7 Å². The largest absolute Gasteiger partial charge is 0.462 e. The lowest BCUT2D eigenvalue weighted by molar-refractivity contribution is -0.141. The van der Waals surface area contributed by atoms with Crippen molar-refractivity contribution in [1.82, 2.24) is 10.6 Å². The Labute approximate surface area is 310 Å². The zero-order valence-electron chi connectivity index (χ0n) is 29.5. The first-order chi connectivity index (χ1) is 23.8. The maximum absolute atomic E-state index is 11.4. The molecule has 6 aliphatic carbocycles. The zero-order valence-corrected chi connectivity index (χ0v) is 29.5. The Bertz CT molecular complexity index is 1430. The molecule has 11 nitrogen and oxygen atoms in total. The Balaban J connectivity index is 0.000000268. The molecule has 6 bridgehead atoms. The SMILES string of the molecule is C.C.C=C(C)C(=O)NC(=O)OCC1CC2C=CC1C2.C=C(C)C(=O)OCC1CC2C=CC1C2.C=C(C)C(=O)OCNC(=O)OCC1CC2C=CC1C2. The molecule has 288 valence electrons.